The molecule has 0 saturated heterocycles. The molecule has 1 aliphatic heterocycles. The van der Waals surface area contributed by atoms with Crippen molar-refractivity contribution in [2.75, 3.05) is 25.2 Å². The summed E-state index contributed by atoms with van der Waals surface area (Å²) < 4.78 is 10.7. The Bertz CT molecular complexity index is 805. The molecule has 1 aliphatic rings. The van der Waals surface area contributed by atoms with Crippen molar-refractivity contribution in [3.63, 3.8) is 0 Å². The Morgan fingerprint density at radius 1 is 1.04 bits per heavy atom. The molecule has 1 heterocycles. The lowest BCUT2D eigenvalue weighted by Crippen LogP contribution is -2.33. The molecular formula is C17H13Cl2NO4. The summed E-state index contributed by atoms with van der Waals surface area (Å²) in [7, 11) is 1.58. The average molecular weight is 366 g/mol. The fraction of sp³-hybridized carbons (Fsp3) is 0.176. The number of anilines is 1. The lowest BCUT2D eigenvalue weighted by atomic mass is 10.1. The zero-order chi connectivity index (χ0) is 17.3. The number of ketones is 1. The lowest BCUT2D eigenvalue weighted by Gasteiger charge is -2.18. The largest absolute Gasteiger partial charge is 0.497 e. The van der Waals surface area contributed by atoms with Gasteiger partial charge in [-0.3, -0.25) is 14.5 Å². The Labute approximate surface area is 148 Å². The van der Waals surface area contributed by atoms with Crippen LogP contribution in [0.4, 0.5) is 5.69 Å². The summed E-state index contributed by atoms with van der Waals surface area (Å²) >= 11 is 12.0. The molecule has 3 rings (SSSR count). The summed E-state index contributed by atoms with van der Waals surface area (Å²) in [6.45, 7) is 0.411. The van der Waals surface area contributed by atoms with Crippen LogP contribution in [0.25, 0.3) is 0 Å². The minimum absolute atomic E-state index is 0.199. The van der Waals surface area contributed by atoms with Crippen LogP contribution < -0.4 is 14.4 Å². The molecule has 0 N–H and O–H groups in total. The molecular weight excluding hydrogens is 353 g/mol. The summed E-state index contributed by atoms with van der Waals surface area (Å²) in [6.07, 6.45) is 0. The predicted molar refractivity (Wildman–Crippen MR) is 91.6 cm³/mol. The number of carbonyl (C=O) groups excluding carboxylic acids is 2. The van der Waals surface area contributed by atoms with Crippen LogP contribution in [0.5, 0.6) is 11.5 Å². The first-order chi connectivity index (χ1) is 11.5. The molecule has 124 valence electrons. The zero-order valence-corrected chi connectivity index (χ0v) is 14.2. The molecule has 0 aromatic heterocycles. The van der Waals surface area contributed by atoms with Gasteiger partial charge in [0.15, 0.2) is 0 Å². The van der Waals surface area contributed by atoms with E-state index in [-0.39, 0.29) is 23.7 Å². The first kappa shape index (κ1) is 16.6. The van der Waals surface area contributed by atoms with Crippen LogP contribution in [-0.2, 0) is 4.79 Å². The van der Waals surface area contributed by atoms with Gasteiger partial charge in [0, 0.05) is 5.02 Å². The van der Waals surface area contributed by atoms with Crippen molar-refractivity contribution < 1.29 is 19.1 Å². The van der Waals surface area contributed by atoms with Crippen LogP contribution in [0.15, 0.2) is 36.4 Å². The highest BCUT2D eigenvalue weighted by Crippen LogP contribution is 2.38. The van der Waals surface area contributed by atoms with E-state index in [4.69, 9.17) is 32.7 Å². The van der Waals surface area contributed by atoms with Gasteiger partial charge in [-0.05, 0) is 36.4 Å². The number of rotatable bonds is 5. The van der Waals surface area contributed by atoms with Crippen LogP contribution in [0, 0.1) is 0 Å². The number of benzene rings is 2. The van der Waals surface area contributed by atoms with Crippen molar-refractivity contribution in [2.45, 2.75) is 0 Å². The molecule has 0 spiro atoms. The number of fused-ring (bicyclic) bond motifs is 1. The lowest BCUT2D eigenvalue weighted by molar-refractivity contribution is -0.114. The van der Waals surface area contributed by atoms with E-state index in [1.807, 2.05) is 0 Å². The summed E-state index contributed by atoms with van der Waals surface area (Å²) in [4.78, 5) is 25.5. The van der Waals surface area contributed by atoms with Crippen molar-refractivity contribution in [1.82, 2.24) is 0 Å². The number of ether oxygens (including phenoxy) is 2. The van der Waals surface area contributed by atoms with Crippen molar-refractivity contribution in [3.05, 3.63) is 52.0 Å². The minimum Gasteiger partial charge on any atom is -0.497 e. The molecule has 5 nitrogen and oxygen atoms in total. The van der Waals surface area contributed by atoms with Crippen molar-refractivity contribution in [3.8, 4) is 11.5 Å². The second kappa shape index (κ2) is 6.71. The van der Waals surface area contributed by atoms with Crippen LogP contribution in [0.3, 0.4) is 0 Å². The Morgan fingerprint density at radius 2 is 1.71 bits per heavy atom. The van der Waals surface area contributed by atoms with E-state index in [1.165, 1.54) is 17.0 Å². The number of amides is 1. The first-order valence-corrected chi connectivity index (χ1v) is 7.89. The zero-order valence-electron chi connectivity index (χ0n) is 12.7. The van der Waals surface area contributed by atoms with Gasteiger partial charge in [0.25, 0.3) is 11.7 Å². The predicted octanol–water partition coefficient (Wildman–Crippen LogP) is 3.61. The molecule has 0 saturated carbocycles. The number of methoxy groups -OCH3 is 1. The molecule has 2 aromatic rings. The number of nitrogens with zero attached hydrogens (tertiary/aromatic N) is 1. The van der Waals surface area contributed by atoms with E-state index >= 15 is 0 Å². The van der Waals surface area contributed by atoms with Crippen LogP contribution in [0.2, 0.25) is 10.0 Å². The normalized spacial score (nSPS) is 13.2. The quantitative estimate of drug-likeness (QED) is 0.759. The van der Waals surface area contributed by atoms with Gasteiger partial charge in [0.1, 0.15) is 18.1 Å². The van der Waals surface area contributed by atoms with Crippen molar-refractivity contribution >= 4 is 40.6 Å². The van der Waals surface area contributed by atoms with Gasteiger partial charge < -0.3 is 9.47 Å². The van der Waals surface area contributed by atoms with E-state index in [0.717, 1.165) is 5.75 Å². The highest BCUT2D eigenvalue weighted by atomic mass is 35.5. The maximum absolute atomic E-state index is 12.2. The first-order valence-electron chi connectivity index (χ1n) is 7.13. The standard InChI is InChI=1S/C17H13Cl2NO4/c1-23-11-2-4-12(5-3-11)24-7-6-20-15-13(16(21)17(20)22)8-10(18)9-14(15)19/h2-5,8-9H,6-7H2,1H3. The molecule has 1 amide bonds. The van der Waals surface area contributed by atoms with Crippen LogP contribution in [-0.4, -0.2) is 32.0 Å². The number of carbonyl (C=O) groups is 2. The van der Waals surface area contributed by atoms with Crippen LogP contribution in [0.1, 0.15) is 10.4 Å². The Kier molecular flexibility index (Phi) is 4.64. The van der Waals surface area contributed by atoms with E-state index < -0.39 is 11.7 Å². The number of hydrogen-bond acceptors (Lipinski definition) is 4. The Hall–Kier alpha value is -2.24. The number of halogens is 2. The van der Waals surface area contributed by atoms with Gasteiger partial charge in [0.05, 0.1) is 29.9 Å². The maximum Gasteiger partial charge on any atom is 0.299 e. The number of hydrogen-bond donors (Lipinski definition) is 0. The summed E-state index contributed by atoms with van der Waals surface area (Å²) in [6, 6.07) is 10.0. The third kappa shape index (κ3) is 3.05. The van der Waals surface area contributed by atoms with E-state index in [1.54, 1.807) is 31.4 Å². The summed E-state index contributed by atoms with van der Waals surface area (Å²) in [5.41, 5.74) is 0.608. The highest BCUT2D eigenvalue weighted by Gasteiger charge is 2.37. The fourth-order valence-electron chi connectivity index (χ4n) is 2.49. The van der Waals surface area contributed by atoms with E-state index in [2.05, 4.69) is 0 Å². The van der Waals surface area contributed by atoms with Crippen molar-refractivity contribution in [2.24, 2.45) is 0 Å². The third-order valence-corrected chi connectivity index (χ3v) is 4.13. The summed E-state index contributed by atoms with van der Waals surface area (Å²) in [5.74, 6) is 0.114. The molecule has 0 radical (unpaired) electrons. The van der Waals surface area contributed by atoms with Gasteiger partial charge >= 0.3 is 0 Å². The highest BCUT2D eigenvalue weighted by molar-refractivity contribution is 6.54. The maximum atomic E-state index is 12.2. The van der Waals surface area contributed by atoms with Crippen LogP contribution >= 0.6 is 23.2 Å². The second-order valence-corrected chi connectivity index (χ2v) is 5.94. The van der Waals surface area contributed by atoms with Crippen molar-refractivity contribution in [1.29, 1.82) is 0 Å². The average Bonchev–Trinajstić information content (AvgIpc) is 2.81. The van der Waals surface area contributed by atoms with Gasteiger partial charge in [-0.1, -0.05) is 23.2 Å². The Balaban J connectivity index is 1.72. The molecule has 2 aromatic carbocycles. The minimum atomic E-state index is -0.632. The second-order valence-electron chi connectivity index (χ2n) is 5.09. The smallest absolute Gasteiger partial charge is 0.299 e. The fourth-order valence-corrected chi connectivity index (χ4v) is 3.09. The van der Waals surface area contributed by atoms with E-state index in [0.29, 0.717) is 16.5 Å². The molecule has 0 fully saturated rings. The number of Topliss-reactive ketones (excluding diaryl/α,β-unsaturated/α-hetero) is 1. The summed E-state index contributed by atoms with van der Waals surface area (Å²) in [5, 5.41) is 0.581. The van der Waals surface area contributed by atoms with E-state index in [9.17, 15) is 9.59 Å². The van der Waals surface area contributed by atoms with Gasteiger partial charge in [-0.15, -0.1) is 0 Å². The SMILES string of the molecule is COc1ccc(OCCN2C(=O)C(=O)c3cc(Cl)cc(Cl)c32)cc1. The van der Waals surface area contributed by atoms with Gasteiger partial charge in [-0.25, -0.2) is 0 Å². The topological polar surface area (TPSA) is 55.8 Å². The third-order valence-electron chi connectivity index (χ3n) is 3.63. The molecule has 0 aliphatic carbocycles. The van der Waals surface area contributed by atoms with Gasteiger partial charge in [-0.2, -0.15) is 0 Å². The molecule has 0 atom stereocenters. The molecule has 0 unspecified atom stereocenters. The van der Waals surface area contributed by atoms with Gasteiger partial charge in [0.2, 0.25) is 0 Å². The Morgan fingerprint density at radius 3 is 2.38 bits per heavy atom. The monoisotopic (exact) mass is 365 g/mol. The molecule has 7 heteroatoms. The molecule has 24 heavy (non-hydrogen) atoms. The molecule has 0 bridgehead atoms.